The van der Waals surface area contributed by atoms with Crippen molar-refractivity contribution in [3.05, 3.63) is 64.7 Å². The van der Waals surface area contributed by atoms with Crippen molar-refractivity contribution in [2.45, 2.75) is 39.3 Å². The molecule has 2 aromatic rings. The number of aliphatic hydroxyl groups excluding tert-OH is 1. The number of rotatable bonds is 5. The molecule has 0 fully saturated rings. The number of carbonyl (C=O) groups is 1. The second-order valence-corrected chi connectivity index (χ2v) is 6.37. The van der Waals surface area contributed by atoms with Crippen molar-refractivity contribution in [1.82, 2.24) is 4.90 Å². The second-order valence-electron chi connectivity index (χ2n) is 6.37. The van der Waals surface area contributed by atoms with Gasteiger partial charge in [-0.3, -0.25) is 9.69 Å². The van der Waals surface area contributed by atoms with E-state index in [-0.39, 0.29) is 6.10 Å². The molecule has 0 bridgehead atoms. The van der Waals surface area contributed by atoms with Gasteiger partial charge >= 0.3 is 0 Å². The largest absolute Gasteiger partial charge is 0.491 e. The van der Waals surface area contributed by atoms with Gasteiger partial charge in [-0.1, -0.05) is 24.3 Å². The number of hydrogen-bond donors (Lipinski definition) is 2. The molecule has 0 saturated carbocycles. The van der Waals surface area contributed by atoms with Gasteiger partial charge in [-0.25, -0.2) is 0 Å². The van der Waals surface area contributed by atoms with Crippen LogP contribution in [0.1, 0.15) is 47.1 Å². The highest BCUT2D eigenvalue weighted by molar-refractivity contribution is 5.93. The molecule has 0 spiro atoms. The predicted molar refractivity (Wildman–Crippen MR) is 91.4 cm³/mol. The Morgan fingerprint density at radius 2 is 1.79 bits per heavy atom. The highest BCUT2D eigenvalue weighted by Crippen LogP contribution is 2.31. The fourth-order valence-electron chi connectivity index (χ4n) is 3.00. The third kappa shape index (κ3) is 3.42. The number of primary amides is 1. The van der Waals surface area contributed by atoms with Gasteiger partial charge < -0.3 is 15.6 Å². The van der Waals surface area contributed by atoms with Crippen molar-refractivity contribution in [3.8, 4) is 5.75 Å². The molecule has 1 heterocycles. The van der Waals surface area contributed by atoms with Gasteiger partial charge in [-0.05, 0) is 48.7 Å². The average molecular weight is 326 g/mol. The first kappa shape index (κ1) is 16.5. The summed E-state index contributed by atoms with van der Waals surface area (Å²) in [6, 6.07) is 13.1. The fourth-order valence-corrected chi connectivity index (χ4v) is 3.00. The minimum Gasteiger partial charge on any atom is -0.491 e. The number of carbonyl (C=O) groups excluding carboxylic acids is 1. The van der Waals surface area contributed by atoms with E-state index in [1.54, 1.807) is 18.2 Å². The van der Waals surface area contributed by atoms with Gasteiger partial charge in [0.25, 0.3) is 0 Å². The molecule has 0 aliphatic carbocycles. The summed E-state index contributed by atoms with van der Waals surface area (Å²) in [6.07, 6.45) is -0.861. The molecule has 1 amide bonds. The number of ether oxygens (including phenoxy) is 1. The Hall–Kier alpha value is -2.37. The van der Waals surface area contributed by atoms with Gasteiger partial charge in [0, 0.05) is 18.7 Å². The molecular formula is C19H22N2O3. The third-order valence-corrected chi connectivity index (χ3v) is 4.09. The van der Waals surface area contributed by atoms with Crippen LogP contribution in [0, 0.1) is 0 Å². The summed E-state index contributed by atoms with van der Waals surface area (Å²) in [7, 11) is 0. The molecule has 0 unspecified atom stereocenters. The maximum absolute atomic E-state index is 11.6. The van der Waals surface area contributed by atoms with Crippen molar-refractivity contribution in [1.29, 1.82) is 0 Å². The number of aliphatic hydroxyl groups is 1. The van der Waals surface area contributed by atoms with Gasteiger partial charge in [0.05, 0.1) is 6.10 Å². The Balaban J connectivity index is 1.88. The Labute approximate surface area is 141 Å². The minimum atomic E-state index is -0.828. The maximum atomic E-state index is 11.6. The highest BCUT2D eigenvalue weighted by atomic mass is 16.5. The van der Waals surface area contributed by atoms with Crippen molar-refractivity contribution in [2.24, 2.45) is 5.73 Å². The Morgan fingerprint density at radius 1 is 1.17 bits per heavy atom. The molecule has 24 heavy (non-hydrogen) atoms. The number of nitrogens with zero attached hydrogens (tertiary/aromatic N) is 1. The second kappa shape index (κ2) is 6.63. The van der Waals surface area contributed by atoms with E-state index < -0.39 is 12.1 Å². The van der Waals surface area contributed by atoms with Crippen molar-refractivity contribution < 1.29 is 14.6 Å². The van der Waals surface area contributed by atoms with Crippen molar-refractivity contribution in [3.63, 3.8) is 0 Å². The fraction of sp³-hybridized carbons (Fsp3) is 0.316. The molecule has 3 rings (SSSR count). The number of hydrogen-bond acceptors (Lipinski definition) is 4. The lowest BCUT2D eigenvalue weighted by Gasteiger charge is -2.24. The summed E-state index contributed by atoms with van der Waals surface area (Å²) in [6.45, 7) is 5.14. The van der Waals surface area contributed by atoms with Crippen LogP contribution in [0.3, 0.4) is 0 Å². The van der Waals surface area contributed by atoms with E-state index in [0.717, 1.165) is 0 Å². The van der Waals surface area contributed by atoms with Crippen LogP contribution in [0.25, 0.3) is 0 Å². The van der Waals surface area contributed by atoms with Crippen molar-refractivity contribution >= 4 is 5.91 Å². The SMILES string of the molecule is CC(C)Oc1cc(C(N)=O)cc([C@@H](O)N2Cc3ccccc3C2)c1. The van der Waals surface area contributed by atoms with Crippen LogP contribution >= 0.6 is 0 Å². The topological polar surface area (TPSA) is 75.8 Å². The Kier molecular flexibility index (Phi) is 4.55. The molecule has 1 aliphatic rings. The monoisotopic (exact) mass is 326 g/mol. The van der Waals surface area contributed by atoms with Crippen LogP contribution in [0.5, 0.6) is 5.75 Å². The normalized spacial score (nSPS) is 15.3. The van der Waals surface area contributed by atoms with E-state index in [1.165, 1.54) is 11.1 Å². The van der Waals surface area contributed by atoms with Crippen LogP contribution in [-0.2, 0) is 13.1 Å². The van der Waals surface area contributed by atoms with Crippen molar-refractivity contribution in [2.75, 3.05) is 0 Å². The van der Waals surface area contributed by atoms with Crippen LogP contribution in [0.15, 0.2) is 42.5 Å². The lowest BCUT2D eigenvalue weighted by Crippen LogP contribution is -2.23. The summed E-state index contributed by atoms with van der Waals surface area (Å²) >= 11 is 0. The summed E-state index contributed by atoms with van der Waals surface area (Å²) in [5, 5.41) is 10.8. The lowest BCUT2D eigenvalue weighted by molar-refractivity contribution is -0.00197. The Morgan fingerprint density at radius 3 is 2.33 bits per heavy atom. The smallest absolute Gasteiger partial charge is 0.248 e. The first-order chi connectivity index (χ1) is 11.4. The van der Waals surface area contributed by atoms with Crippen LogP contribution < -0.4 is 10.5 Å². The maximum Gasteiger partial charge on any atom is 0.248 e. The van der Waals surface area contributed by atoms with Crippen LogP contribution in [-0.4, -0.2) is 22.0 Å². The number of fused-ring (bicyclic) bond motifs is 1. The zero-order valence-electron chi connectivity index (χ0n) is 13.9. The van der Waals surface area contributed by atoms with E-state index >= 15 is 0 Å². The average Bonchev–Trinajstić information content (AvgIpc) is 2.97. The zero-order valence-corrected chi connectivity index (χ0v) is 13.9. The zero-order chi connectivity index (χ0) is 17.3. The molecule has 0 radical (unpaired) electrons. The van der Waals surface area contributed by atoms with Crippen LogP contribution in [0.4, 0.5) is 0 Å². The van der Waals surface area contributed by atoms with Gasteiger partial charge in [0.2, 0.25) is 5.91 Å². The standard InChI is InChI=1S/C19H22N2O3/c1-12(2)24-17-8-15(18(20)22)7-16(9-17)19(23)21-10-13-5-3-4-6-14(13)11-21/h3-9,12,19,23H,10-11H2,1-2H3,(H2,20,22)/t19-/m1/s1. The molecule has 1 aliphatic heterocycles. The molecule has 0 saturated heterocycles. The Bertz CT molecular complexity index is 733. The molecular weight excluding hydrogens is 304 g/mol. The molecule has 0 aromatic heterocycles. The van der Waals surface area contributed by atoms with Gasteiger partial charge in [0.15, 0.2) is 0 Å². The minimum absolute atomic E-state index is 0.0332. The summed E-state index contributed by atoms with van der Waals surface area (Å²) in [5.74, 6) is -0.00516. The van der Waals surface area contributed by atoms with E-state index in [2.05, 4.69) is 12.1 Å². The van der Waals surface area contributed by atoms with E-state index in [4.69, 9.17) is 10.5 Å². The number of nitrogens with two attached hydrogens (primary N) is 1. The molecule has 126 valence electrons. The lowest BCUT2D eigenvalue weighted by atomic mass is 10.1. The quantitative estimate of drug-likeness (QED) is 0.885. The van der Waals surface area contributed by atoms with E-state index in [0.29, 0.717) is 30.0 Å². The summed E-state index contributed by atoms with van der Waals surface area (Å²) in [4.78, 5) is 13.5. The van der Waals surface area contributed by atoms with Gasteiger partial charge in [-0.2, -0.15) is 0 Å². The first-order valence-corrected chi connectivity index (χ1v) is 8.04. The van der Waals surface area contributed by atoms with Gasteiger partial charge in [0.1, 0.15) is 12.0 Å². The molecule has 5 nitrogen and oxygen atoms in total. The van der Waals surface area contributed by atoms with Gasteiger partial charge in [-0.15, -0.1) is 0 Å². The first-order valence-electron chi connectivity index (χ1n) is 8.04. The summed E-state index contributed by atoms with van der Waals surface area (Å²) < 4.78 is 5.68. The van der Waals surface area contributed by atoms with E-state index in [9.17, 15) is 9.90 Å². The van der Waals surface area contributed by atoms with Crippen LogP contribution in [0.2, 0.25) is 0 Å². The summed E-state index contributed by atoms with van der Waals surface area (Å²) in [5.41, 5.74) is 8.77. The number of amides is 1. The predicted octanol–water partition coefficient (Wildman–Crippen LogP) is 2.58. The molecule has 1 atom stereocenters. The molecule has 3 N–H and O–H groups in total. The third-order valence-electron chi connectivity index (χ3n) is 4.09. The molecule has 5 heteroatoms. The molecule has 2 aromatic carbocycles. The number of benzene rings is 2. The highest BCUT2D eigenvalue weighted by Gasteiger charge is 2.26. The van der Waals surface area contributed by atoms with E-state index in [1.807, 2.05) is 30.9 Å².